The van der Waals surface area contributed by atoms with Gasteiger partial charge in [0, 0.05) is 24.0 Å². The third kappa shape index (κ3) is 8.53. The van der Waals surface area contributed by atoms with E-state index in [1.54, 1.807) is 43.3 Å². The Balaban J connectivity index is 1.83. The maximum absolute atomic E-state index is 14.6. The summed E-state index contributed by atoms with van der Waals surface area (Å²) < 4.78 is 29.4. The third-order valence-corrected chi connectivity index (χ3v) is 10.0. The van der Waals surface area contributed by atoms with E-state index in [2.05, 4.69) is 5.32 Å². The number of hydrogen-bond acceptors (Lipinski definition) is 4. The van der Waals surface area contributed by atoms with Crippen molar-refractivity contribution in [3.8, 4) is 0 Å². The van der Waals surface area contributed by atoms with Gasteiger partial charge in [0.25, 0.3) is 10.0 Å². The number of nitrogens with one attached hydrogen (secondary N) is 1. The highest BCUT2D eigenvalue weighted by Crippen LogP contribution is 2.31. The number of hydrogen-bond donors (Lipinski definition) is 1. The van der Waals surface area contributed by atoms with Crippen LogP contribution in [0.5, 0.6) is 0 Å². The number of rotatable bonds is 13. The number of aryl methyl sites for hydroxylation is 1. The highest BCUT2D eigenvalue weighted by atomic mass is 35.5. The van der Waals surface area contributed by atoms with Crippen molar-refractivity contribution < 1.29 is 18.0 Å². The molecule has 0 radical (unpaired) electrons. The van der Waals surface area contributed by atoms with Gasteiger partial charge in [0.2, 0.25) is 11.8 Å². The molecule has 0 bridgehead atoms. The summed E-state index contributed by atoms with van der Waals surface area (Å²) in [5.41, 5.74) is 3.57. The van der Waals surface area contributed by atoms with E-state index >= 15 is 0 Å². The molecule has 0 aliphatic carbocycles. The van der Waals surface area contributed by atoms with Crippen molar-refractivity contribution in [3.05, 3.63) is 130 Å². The summed E-state index contributed by atoms with van der Waals surface area (Å²) in [6.45, 7) is 7.16. The lowest BCUT2D eigenvalue weighted by Gasteiger charge is -2.34. The Hall–Kier alpha value is -4.14. The lowest BCUT2D eigenvalue weighted by molar-refractivity contribution is -0.140. The first-order valence-electron chi connectivity index (χ1n) is 15.0. The van der Waals surface area contributed by atoms with E-state index in [4.69, 9.17) is 11.6 Å². The number of carbonyl (C=O) groups is 2. The van der Waals surface area contributed by atoms with Crippen molar-refractivity contribution in [1.29, 1.82) is 0 Å². The van der Waals surface area contributed by atoms with E-state index in [9.17, 15) is 18.0 Å². The molecule has 0 aliphatic heterocycles. The van der Waals surface area contributed by atoms with Crippen molar-refractivity contribution in [2.75, 3.05) is 10.8 Å². The van der Waals surface area contributed by atoms with E-state index < -0.39 is 28.5 Å². The molecule has 4 aromatic carbocycles. The molecule has 0 fully saturated rings. The van der Waals surface area contributed by atoms with Crippen LogP contribution in [0.2, 0.25) is 5.02 Å². The first-order chi connectivity index (χ1) is 21.5. The number of sulfonamides is 1. The molecule has 7 nitrogen and oxygen atoms in total. The van der Waals surface area contributed by atoms with Crippen molar-refractivity contribution in [3.63, 3.8) is 0 Å². The zero-order chi connectivity index (χ0) is 32.6. The minimum Gasteiger partial charge on any atom is -0.352 e. The number of carbonyl (C=O) groups excluding carboxylic acids is 2. The summed E-state index contributed by atoms with van der Waals surface area (Å²) in [5.74, 6) is -0.820. The molecule has 0 aromatic heterocycles. The maximum Gasteiger partial charge on any atom is 0.264 e. The lowest BCUT2D eigenvalue weighted by Crippen LogP contribution is -2.54. The fraction of sp³-hybridized carbons (Fsp3) is 0.278. The summed E-state index contributed by atoms with van der Waals surface area (Å²) in [5, 5.41) is 3.43. The Labute approximate surface area is 271 Å². The minimum atomic E-state index is -4.20. The second-order valence-electron chi connectivity index (χ2n) is 11.2. The molecular formula is C36H40ClN3O4S. The van der Waals surface area contributed by atoms with E-state index in [0.29, 0.717) is 22.7 Å². The second kappa shape index (κ2) is 15.2. The first kappa shape index (κ1) is 33.7. The SMILES string of the molecule is CC[C@@H](C)NC(=O)[C@@H](Cc1ccccc1)N(Cc1ccc(C)cc1)C(=O)CN(c1cccc(Cl)c1C)S(=O)(=O)c1ccccc1. The van der Waals surface area contributed by atoms with Crippen LogP contribution in [0, 0.1) is 13.8 Å². The van der Waals surface area contributed by atoms with Gasteiger partial charge in [-0.3, -0.25) is 13.9 Å². The van der Waals surface area contributed by atoms with Crippen LogP contribution in [0.15, 0.2) is 108 Å². The number of halogens is 1. The highest BCUT2D eigenvalue weighted by Gasteiger charge is 2.35. The molecule has 0 saturated heterocycles. The van der Waals surface area contributed by atoms with Crippen LogP contribution in [-0.2, 0) is 32.6 Å². The van der Waals surface area contributed by atoms with Crippen LogP contribution >= 0.6 is 11.6 Å². The number of anilines is 1. The van der Waals surface area contributed by atoms with Crippen molar-refractivity contribution in [2.45, 2.75) is 64.1 Å². The number of amides is 2. The predicted molar refractivity (Wildman–Crippen MR) is 181 cm³/mol. The van der Waals surface area contributed by atoms with E-state index in [0.717, 1.165) is 21.0 Å². The van der Waals surface area contributed by atoms with Crippen LogP contribution in [0.1, 0.15) is 42.5 Å². The zero-order valence-corrected chi connectivity index (χ0v) is 27.7. The normalized spacial score (nSPS) is 12.6. The molecule has 45 heavy (non-hydrogen) atoms. The molecule has 9 heteroatoms. The fourth-order valence-corrected chi connectivity index (χ4v) is 6.65. The standard InChI is InChI=1S/C36H40ClN3O4S/c1-5-27(3)38-36(42)34(23-29-13-8-6-9-14-29)39(24-30-21-19-26(2)20-22-30)35(41)25-40(33-18-12-17-32(37)28(33)4)45(43,44)31-15-10-7-11-16-31/h6-22,27,34H,5,23-25H2,1-4H3,(H,38,42)/t27-,34-/m1/s1. The zero-order valence-electron chi connectivity index (χ0n) is 26.1. The monoisotopic (exact) mass is 645 g/mol. The van der Waals surface area contributed by atoms with Crippen molar-refractivity contribution >= 4 is 39.1 Å². The predicted octanol–water partition coefficient (Wildman–Crippen LogP) is 6.71. The quantitative estimate of drug-likeness (QED) is 0.175. The smallest absolute Gasteiger partial charge is 0.264 e. The lowest BCUT2D eigenvalue weighted by atomic mass is 10.0. The minimum absolute atomic E-state index is 0.0395. The third-order valence-electron chi connectivity index (χ3n) is 7.86. The van der Waals surface area contributed by atoms with Crippen LogP contribution in [-0.4, -0.2) is 43.8 Å². The molecule has 4 aromatic rings. The van der Waals surface area contributed by atoms with Gasteiger partial charge in [-0.25, -0.2) is 8.42 Å². The molecule has 0 heterocycles. The van der Waals surface area contributed by atoms with Gasteiger partial charge in [0.15, 0.2) is 0 Å². The topological polar surface area (TPSA) is 86.8 Å². The summed E-state index contributed by atoms with van der Waals surface area (Å²) in [6.07, 6.45) is 0.967. The Morgan fingerprint density at radius 1 is 0.822 bits per heavy atom. The molecule has 1 N–H and O–H groups in total. The molecule has 4 rings (SSSR count). The molecular weight excluding hydrogens is 606 g/mol. The van der Waals surface area contributed by atoms with Gasteiger partial charge in [-0.15, -0.1) is 0 Å². The molecule has 236 valence electrons. The summed E-state index contributed by atoms with van der Waals surface area (Å²) >= 11 is 6.45. The van der Waals surface area contributed by atoms with Gasteiger partial charge in [-0.2, -0.15) is 0 Å². The summed E-state index contributed by atoms with van der Waals surface area (Å²) in [6, 6.07) is 29.2. The van der Waals surface area contributed by atoms with E-state index in [1.807, 2.05) is 75.4 Å². The molecule has 0 unspecified atom stereocenters. The van der Waals surface area contributed by atoms with E-state index in [-0.39, 0.29) is 29.8 Å². The van der Waals surface area contributed by atoms with Gasteiger partial charge in [0.05, 0.1) is 10.6 Å². The van der Waals surface area contributed by atoms with Crippen molar-refractivity contribution in [2.24, 2.45) is 0 Å². The average molecular weight is 646 g/mol. The Morgan fingerprint density at radius 3 is 2.07 bits per heavy atom. The Bertz CT molecular complexity index is 1700. The van der Waals surface area contributed by atoms with Crippen LogP contribution in [0.25, 0.3) is 0 Å². The molecule has 0 spiro atoms. The molecule has 0 saturated carbocycles. The number of benzene rings is 4. The van der Waals surface area contributed by atoms with Gasteiger partial charge in [0.1, 0.15) is 12.6 Å². The van der Waals surface area contributed by atoms with Gasteiger partial charge in [-0.05, 0) is 68.1 Å². The number of nitrogens with zero attached hydrogens (tertiary/aromatic N) is 2. The van der Waals surface area contributed by atoms with Crippen LogP contribution in [0.3, 0.4) is 0 Å². The average Bonchev–Trinajstić information content (AvgIpc) is 3.04. The van der Waals surface area contributed by atoms with Gasteiger partial charge < -0.3 is 10.2 Å². The Kier molecular flexibility index (Phi) is 11.4. The maximum atomic E-state index is 14.6. The van der Waals surface area contributed by atoms with Crippen LogP contribution in [0.4, 0.5) is 5.69 Å². The van der Waals surface area contributed by atoms with Crippen molar-refractivity contribution in [1.82, 2.24) is 10.2 Å². The molecule has 2 amide bonds. The fourth-order valence-electron chi connectivity index (χ4n) is 4.98. The molecule has 0 aliphatic rings. The Morgan fingerprint density at radius 2 is 1.44 bits per heavy atom. The highest BCUT2D eigenvalue weighted by molar-refractivity contribution is 7.92. The summed E-state index contributed by atoms with van der Waals surface area (Å²) in [4.78, 5) is 30.0. The van der Waals surface area contributed by atoms with E-state index in [1.165, 1.54) is 17.0 Å². The van der Waals surface area contributed by atoms with Gasteiger partial charge in [-0.1, -0.05) is 103 Å². The van der Waals surface area contributed by atoms with Gasteiger partial charge >= 0.3 is 0 Å². The molecule has 2 atom stereocenters. The largest absolute Gasteiger partial charge is 0.352 e. The first-order valence-corrected chi connectivity index (χ1v) is 16.8. The summed E-state index contributed by atoms with van der Waals surface area (Å²) in [7, 11) is -4.20. The second-order valence-corrected chi connectivity index (χ2v) is 13.5. The van der Waals surface area contributed by atoms with Crippen LogP contribution < -0.4 is 9.62 Å².